The molecule has 6 heteroatoms. The molecule has 1 atom stereocenters. The number of allylic oxidation sites excluding steroid dienone is 16. The molecule has 0 aromatic carbocycles. The van der Waals surface area contributed by atoms with E-state index >= 15 is 0 Å². The van der Waals surface area contributed by atoms with Gasteiger partial charge in [0, 0.05) is 19.3 Å². The van der Waals surface area contributed by atoms with Crippen LogP contribution in [0.25, 0.3) is 0 Å². The minimum atomic E-state index is -0.796. The van der Waals surface area contributed by atoms with E-state index in [0.29, 0.717) is 19.3 Å². The maximum atomic E-state index is 12.8. The Hall–Kier alpha value is -3.67. The maximum absolute atomic E-state index is 12.8. The number of esters is 3. The van der Waals surface area contributed by atoms with Crippen molar-refractivity contribution in [3.63, 3.8) is 0 Å². The van der Waals surface area contributed by atoms with Crippen molar-refractivity contribution >= 4 is 17.9 Å². The van der Waals surface area contributed by atoms with Gasteiger partial charge in [0.05, 0.1) is 0 Å². The molecule has 0 rings (SSSR count). The Morgan fingerprint density at radius 1 is 0.313 bits per heavy atom. The highest BCUT2D eigenvalue weighted by Gasteiger charge is 2.19. The second-order valence-electron chi connectivity index (χ2n) is 18.1. The first-order valence-corrected chi connectivity index (χ1v) is 27.7. The third-order valence-electron chi connectivity index (χ3n) is 11.6. The van der Waals surface area contributed by atoms with Crippen LogP contribution in [-0.2, 0) is 28.6 Å². The molecule has 0 aromatic heterocycles. The zero-order chi connectivity index (χ0) is 48.6. The summed E-state index contributed by atoms with van der Waals surface area (Å²) in [6.07, 6.45) is 72.4. The topological polar surface area (TPSA) is 78.9 Å². The molecule has 0 saturated carbocycles. The summed E-state index contributed by atoms with van der Waals surface area (Å²) in [5.41, 5.74) is 0. The van der Waals surface area contributed by atoms with Crippen molar-refractivity contribution in [2.24, 2.45) is 0 Å². The Morgan fingerprint density at radius 3 is 0.910 bits per heavy atom. The van der Waals surface area contributed by atoms with Gasteiger partial charge in [-0.15, -0.1) is 0 Å². The van der Waals surface area contributed by atoms with Gasteiger partial charge >= 0.3 is 17.9 Å². The Kier molecular flexibility index (Phi) is 51.9. The Labute approximate surface area is 413 Å². The molecule has 382 valence electrons. The Balaban J connectivity index is 4.45. The van der Waals surface area contributed by atoms with Crippen LogP contribution in [0.2, 0.25) is 0 Å². The third kappa shape index (κ3) is 53.2. The summed E-state index contributed by atoms with van der Waals surface area (Å²) in [5.74, 6) is -0.927. The quantitative estimate of drug-likeness (QED) is 0.0262. The first-order chi connectivity index (χ1) is 33.0. The van der Waals surface area contributed by atoms with E-state index in [1.807, 2.05) is 0 Å². The minimum Gasteiger partial charge on any atom is -0.462 e. The van der Waals surface area contributed by atoms with Crippen LogP contribution in [0.15, 0.2) is 97.2 Å². The summed E-state index contributed by atoms with van der Waals surface area (Å²) in [4.78, 5) is 38.1. The fraction of sp³-hybridized carbons (Fsp3) is 0.689. The zero-order valence-electron chi connectivity index (χ0n) is 43.6. The molecule has 6 nitrogen and oxygen atoms in total. The van der Waals surface area contributed by atoms with E-state index in [2.05, 4.69) is 118 Å². The van der Waals surface area contributed by atoms with Gasteiger partial charge in [-0.3, -0.25) is 14.4 Å². The van der Waals surface area contributed by atoms with Gasteiger partial charge in [-0.2, -0.15) is 0 Å². The maximum Gasteiger partial charge on any atom is 0.306 e. The number of hydrogen-bond acceptors (Lipinski definition) is 6. The molecule has 0 spiro atoms. The molecular formula is C61H102O6. The van der Waals surface area contributed by atoms with E-state index in [9.17, 15) is 14.4 Å². The van der Waals surface area contributed by atoms with Crippen LogP contribution < -0.4 is 0 Å². The van der Waals surface area contributed by atoms with Crippen molar-refractivity contribution in [3.05, 3.63) is 97.2 Å². The standard InChI is InChI=1S/C61H102O6/c1-4-7-10-13-16-19-22-25-27-29-30-32-33-36-39-42-45-48-51-54-60(63)66-57-58(56-65-59(62)53-50-47-44-41-38-35-24-21-18-15-12-9-6-3)67-61(64)55-52-49-46-43-40-37-34-31-28-26-23-20-17-14-11-8-5-2/h7-8,10-11,16-17,19-20,25-28,30,32,34,37,58H,4-6,9,12-15,18,21-24,29,31,33,35-36,38-57H2,1-3H3/b10-7-,11-8-,19-16-,20-17-,27-25-,28-26-,32-30-,37-34-. The van der Waals surface area contributed by atoms with Crippen molar-refractivity contribution in [1.29, 1.82) is 0 Å². The molecule has 0 fully saturated rings. The lowest BCUT2D eigenvalue weighted by atomic mass is 10.0. The summed E-state index contributed by atoms with van der Waals surface area (Å²) in [6.45, 7) is 6.38. The first-order valence-electron chi connectivity index (χ1n) is 27.7. The Morgan fingerprint density at radius 2 is 0.582 bits per heavy atom. The van der Waals surface area contributed by atoms with Gasteiger partial charge in [0.25, 0.3) is 0 Å². The summed E-state index contributed by atoms with van der Waals surface area (Å²) in [7, 11) is 0. The van der Waals surface area contributed by atoms with E-state index < -0.39 is 6.10 Å². The van der Waals surface area contributed by atoms with Crippen molar-refractivity contribution in [2.45, 2.75) is 258 Å². The largest absolute Gasteiger partial charge is 0.462 e. The molecular weight excluding hydrogens is 829 g/mol. The van der Waals surface area contributed by atoms with Crippen LogP contribution in [0.4, 0.5) is 0 Å². The van der Waals surface area contributed by atoms with Gasteiger partial charge in [-0.05, 0) is 96.3 Å². The normalized spacial score (nSPS) is 12.8. The van der Waals surface area contributed by atoms with Crippen molar-refractivity contribution in [2.75, 3.05) is 13.2 Å². The number of rotatable bonds is 49. The molecule has 0 aliphatic carbocycles. The molecule has 0 bridgehead atoms. The molecule has 0 aromatic rings. The van der Waals surface area contributed by atoms with Crippen molar-refractivity contribution in [1.82, 2.24) is 0 Å². The molecule has 0 radical (unpaired) electrons. The highest BCUT2D eigenvalue weighted by atomic mass is 16.6. The van der Waals surface area contributed by atoms with Gasteiger partial charge in [0.15, 0.2) is 6.10 Å². The highest BCUT2D eigenvalue weighted by Crippen LogP contribution is 2.15. The average molecular weight is 931 g/mol. The van der Waals surface area contributed by atoms with Crippen molar-refractivity contribution in [3.8, 4) is 0 Å². The monoisotopic (exact) mass is 931 g/mol. The number of carbonyl (C=O) groups is 3. The van der Waals surface area contributed by atoms with E-state index in [1.54, 1.807) is 0 Å². The van der Waals surface area contributed by atoms with E-state index in [1.165, 1.54) is 77.0 Å². The van der Waals surface area contributed by atoms with Crippen LogP contribution in [0.1, 0.15) is 252 Å². The fourth-order valence-electron chi connectivity index (χ4n) is 7.48. The molecule has 0 amide bonds. The lowest BCUT2D eigenvalue weighted by molar-refractivity contribution is -0.167. The summed E-state index contributed by atoms with van der Waals surface area (Å²) in [6, 6.07) is 0. The molecule has 0 aliphatic rings. The number of hydrogen-bond donors (Lipinski definition) is 0. The van der Waals surface area contributed by atoms with E-state index in [-0.39, 0.29) is 31.1 Å². The molecule has 0 heterocycles. The van der Waals surface area contributed by atoms with E-state index in [4.69, 9.17) is 14.2 Å². The molecule has 1 unspecified atom stereocenters. The predicted molar refractivity (Wildman–Crippen MR) is 288 cm³/mol. The predicted octanol–water partition coefficient (Wildman–Crippen LogP) is 18.5. The van der Waals surface area contributed by atoms with Crippen LogP contribution in [0, 0.1) is 0 Å². The summed E-state index contributed by atoms with van der Waals surface area (Å²) < 4.78 is 16.8. The van der Waals surface area contributed by atoms with Crippen LogP contribution >= 0.6 is 0 Å². The minimum absolute atomic E-state index is 0.0912. The first kappa shape index (κ1) is 63.3. The van der Waals surface area contributed by atoms with Crippen LogP contribution in [0.5, 0.6) is 0 Å². The second-order valence-corrected chi connectivity index (χ2v) is 18.1. The van der Waals surface area contributed by atoms with Gasteiger partial charge in [0.2, 0.25) is 0 Å². The summed E-state index contributed by atoms with van der Waals surface area (Å²) >= 11 is 0. The molecule has 0 N–H and O–H groups in total. The lowest BCUT2D eigenvalue weighted by Gasteiger charge is -2.18. The Bertz CT molecular complexity index is 1350. The lowest BCUT2D eigenvalue weighted by Crippen LogP contribution is -2.30. The van der Waals surface area contributed by atoms with E-state index in [0.717, 1.165) is 135 Å². The van der Waals surface area contributed by atoms with Gasteiger partial charge in [0.1, 0.15) is 13.2 Å². The fourth-order valence-corrected chi connectivity index (χ4v) is 7.48. The SMILES string of the molecule is CC/C=C\C/C=C\C/C=C\C/C=C\CCCCCCCCC(=O)OCC(COC(=O)CCCCCCCCCCCCCCC)OC(=O)CCCCCC/C=C\C/C=C\C/C=C\C/C=C\CC. The van der Waals surface area contributed by atoms with Gasteiger partial charge in [-0.25, -0.2) is 0 Å². The molecule has 67 heavy (non-hydrogen) atoms. The van der Waals surface area contributed by atoms with Crippen LogP contribution in [-0.4, -0.2) is 37.2 Å². The molecule has 0 aliphatic heterocycles. The number of ether oxygens (including phenoxy) is 3. The highest BCUT2D eigenvalue weighted by molar-refractivity contribution is 5.71. The van der Waals surface area contributed by atoms with Gasteiger partial charge in [-0.1, -0.05) is 234 Å². The summed E-state index contributed by atoms with van der Waals surface area (Å²) in [5, 5.41) is 0. The molecule has 0 saturated heterocycles. The third-order valence-corrected chi connectivity index (χ3v) is 11.6. The zero-order valence-corrected chi connectivity index (χ0v) is 43.6. The smallest absolute Gasteiger partial charge is 0.306 e. The number of unbranched alkanes of at least 4 members (excludes halogenated alkanes) is 22. The average Bonchev–Trinajstić information content (AvgIpc) is 3.33. The van der Waals surface area contributed by atoms with Crippen molar-refractivity contribution < 1.29 is 28.6 Å². The second kappa shape index (κ2) is 54.9. The van der Waals surface area contributed by atoms with Gasteiger partial charge < -0.3 is 14.2 Å². The van der Waals surface area contributed by atoms with Crippen LogP contribution in [0.3, 0.4) is 0 Å². The number of carbonyl (C=O) groups excluding carboxylic acids is 3.